The molecule has 2 aromatic rings. The van der Waals surface area contributed by atoms with Crippen molar-refractivity contribution in [2.75, 3.05) is 6.54 Å². The highest BCUT2D eigenvalue weighted by molar-refractivity contribution is 5.98. The fourth-order valence-electron chi connectivity index (χ4n) is 4.46. The van der Waals surface area contributed by atoms with E-state index < -0.39 is 82.1 Å². The summed E-state index contributed by atoms with van der Waals surface area (Å²) in [5.74, 6) is -3.48. The van der Waals surface area contributed by atoms with E-state index in [1.807, 2.05) is 0 Å². The molecule has 3 atom stereocenters. The molecule has 1 aliphatic carbocycles. The summed E-state index contributed by atoms with van der Waals surface area (Å²) in [6.45, 7) is -0.158. The van der Waals surface area contributed by atoms with E-state index >= 15 is 0 Å². The highest BCUT2D eigenvalue weighted by atomic mass is 19.4. The van der Waals surface area contributed by atoms with Crippen molar-refractivity contribution in [3.8, 4) is 12.3 Å². The van der Waals surface area contributed by atoms with Crippen molar-refractivity contribution >= 4 is 11.8 Å². The zero-order valence-electron chi connectivity index (χ0n) is 19.3. The van der Waals surface area contributed by atoms with Gasteiger partial charge in [0, 0.05) is 29.8 Å². The van der Waals surface area contributed by atoms with Crippen molar-refractivity contribution in [1.82, 2.24) is 15.2 Å². The van der Waals surface area contributed by atoms with Crippen LogP contribution >= 0.6 is 0 Å². The maximum Gasteiger partial charge on any atom is 0.433 e. The first-order valence-corrected chi connectivity index (χ1v) is 11.4. The molecule has 2 fully saturated rings. The van der Waals surface area contributed by atoms with Crippen LogP contribution in [-0.2, 0) is 17.1 Å². The first-order chi connectivity index (χ1) is 17.7. The number of aromatic nitrogens is 1. The van der Waals surface area contributed by atoms with Gasteiger partial charge in [0.05, 0.1) is 11.6 Å². The van der Waals surface area contributed by atoms with Gasteiger partial charge in [0.1, 0.15) is 23.4 Å². The molecule has 0 radical (unpaired) electrons. The van der Waals surface area contributed by atoms with Gasteiger partial charge in [0.15, 0.2) is 0 Å². The molecule has 2 amide bonds. The molecule has 0 spiro atoms. The molecule has 1 aromatic heterocycles. The average molecular weight is 545 g/mol. The van der Waals surface area contributed by atoms with Crippen LogP contribution in [0.5, 0.6) is 0 Å². The Labute approximate surface area is 211 Å². The second-order valence-corrected chi connectivity index (χ2v) is 9.18. The highest BCUT2D eigenvalue weighted by Gasteiger charge is 2.44. The minimum absolute atomic E-state index is 0.0215. The summed E-state index contributed by atoms with van der Waals surface area (Å²) < 4.78 is 107. The van der Waals surface area contributed by atoms with Gasteiger partial charge in [-0.25, -0.2) is 8.78 Å². The summed E-state index contributed by atoms with van der Waals surface area (Å²) in [6, 6.07) is -0.475. The van der Waals surface area contributed by atoms with Crippen LogP contribution in [0.3, 0.4) is 0 Å². The number of hydrogen-bond donors (Lipinski definition) is 1. The van der Waals surface area contributed by atoms with Crippen molar-refractivity contribution in [2.24, 2.45) is 11.8 Å². The molecule has 1 aromatic carbocycles. The van der Waals surface area contributed by atoms with Crippen LogP contribution < -0.4 is 5.32 Å². The van der Waals surface area contributed by atoms with Crippen molar-refractivity contribution in [3.63, 3.8) is 0 Å². The molecular formula is C25H19F8N3O2. The van der Waals surface area contributed by atoms with Crippen LogP contribution in [0.15, 0.2) is 30.5 Å². The third kappa shape index (κ3) is 5.58. The standard InChI is InChI=1S/C25H19F8N3O2/c1-2-12-7-19(36(11-12)23(38)14-5-6-34-20(8-14)25(31,32)33)22(37)35-21(13-3-4-13)15-9-18(27)16(10-17(15)26)24(28,29)30/h1,5-6,8-10,12-13,19,21H,3-4,7,11H2,(H,35,37)/t12-,19-,21-/m1/s1. The summed E-state index contributed by atoms with van der Waals surface area (Å²) in [5.41, 5.74) is -3.98. The monoisotopic (exact) mass is 545 g/mol. The van der Waals surface area contributed by atoms with Gasteiger partial charge in [-0.05, 0) is 49.4 Å². The third-order valence-corrected chi connectivity index (χ3v) is 6.52. The second-order valence-electron chi connectivity index (χ2n) is 9.18. The molecule has 1 saturated heterocycles. The van der Waals surface area contributed by atoms with Gasteiger partial charge >= 0.3 is 12.4 Å². The van der Waals surface area contributed by atoms with Gasteiger partial charge < -0.3 is 10.2 Å². The van der Waals surface area contributed by atoms with Gasteiger partial charge in [0.2, 0.25) is 5.91 Å². The van der Waals surface area contributed by atoms with Crippen molar-refractivity contribution in [3.05, 3.63) is 64.5 Å². The van der Waals surface area contributed by atoms with Crippen LogP contribution in [-0.4, -0.2) is 34.3 Å². The molecule has 1 N–H and O–H groups in total. The lowest BCUT2D eigenvalue weighted by Crippen LogP contribution is -2.47. The Morgan fingerprint density at radius 1 is 1.05 bits per heavy atom. The SMILES string of the molecule is C#C[C@@H]1C[C@H](C(=O)N[C@@H](c2cc(F)c(C(F)(F)F)cc2F)C2CC2)N(C(=O)c2ccnc(C(F)(F)F)c2)C1. The number of alkyl halides is 6. The van der Waals surface area contributed by atoms with E-state index in [4.69, 9.17) is 6.42 Å². The van der Waals surface area contributed by atoms with Gasteiger partial charge in [-0.15, -0.1) is 12.3 Å². The number of carbonyl (C=O) groups excluding carboxylic acids is 2. The van der Waals surface area contributed by atoms with E-state index in [1.54, 1.807) is 0 Å². The maximum absolute atomic E-state index is 14.7. The van der Waals surface area contributed by atoms with Crippen molar-refractivity contribution < 1.29 is 44.7 Å². The lowest BCUT2D eigenvalue weighted by Gasteiger charge is -2.27. The lowest BCUT2D eigenvalue weighted by molar-refractivity contribution is -0.141. The molecule has 38 heavy (non-hydrogen) atoms. The minimum Gasteiger partial charge on any atom is -0.347 e. The number of hydrogen-bond acceptors (Lipinski definition) is 3. The average Bonchev–Trinajstić information content (AvgIpc) is 3.59. The summed E-state index contributed by atoms with van der Waals surface area (Å²) in [4.78, 5) is 30.5. The molecule has 1 saturated carbocycles. The van der Waals surface area contributed by atoms with Crippen LogP contribution in [0.4, 0.5) is 35.1 Å². The molecule has 2 heterocycles. The Morgan fingerprint density at radius 3 is 2.32 bits per heavy atom. The predicted molar refractivity (Wildman–Crippen MR) is 116 cm³/mol. The Bertz CT molecular complexity index is 1300. The molecule has 0 bridgehead atoms. The smallest absolute Gasteiger partial charge is 0.347 e. The predicted octanol–water partition coefficient (Wildman–Crippen LogP) is 5.13. The Hall–Kier alpha value is -3.69. The highest BCUT2D eigenvalue weighted by Crippen LogP contribution is 2.43. The summed E-state index contributed by atoms with van der Waals surface area (Å²) in [6.07, 6.45) is -2.81. The number of pyridine rings is 1. The largest absolute Gasteiger partial charge is 0.433 e. The molecule has 5 nitrogen and oxygen atoms in total. The molecular weight excluding hydrogens is 526 g/mol. The Morgan fingerprint density at radius 2 is 1.74 bits per heavy atom. The number of amides is 2. The quantitative estimate of drug-likeness (QED) is 0.419. The number of benzene rings is 1. The topological polar surface area (TPSA) is 62.3 Å². The van der Waals surface area contributed by atoms with Gasteiger partial charge in [-0.3, -0.25) is 14.6 Å². The third-order valence-electron chi connectivity index (χ3n) is 6.52. The fourth-order valence-corrected chi connectivity index (χ4v) is 4.46. The fraction of sp³-hybridized carbons (Fsp3) is 0.400. The molecule has 4 rings (SSSR count). The molecule has 202 valence electrons. The number of terminal acetylenes is 1. The first kappa shape index (κ1) is 27.3. The van der Waals surface area contributed by atoms with E-state index in [2.05, 4.69) is 16.2 Å². The van der Waals surface area contributed by atoms with E-state index in [0.717, 1.165) is 17.2 Å². The van der Waals surface area contributed by atoms with Gasteiger partial charge in [-0.1, -0.05) is 0 Å². The number of likely N-dealkylation sites (tertiary alicyclic amines) is 1. The zero-order valence-corrected chi connectivity index (χ0v) is 19.3. The number of rotatable bonds is 5. The number of nitrogens with zero attached hydrogens (tertiary/aromatic N) is 2. The lowest BCUT2D eigenvalue weighted by atomic mass is 9.98. The Kier molecular flexibility index (Phi) is 7.11. The molecule has 1 aliphatic heterocycles. The van der Waals surface area contributed by atoms with E-state index in [0.29, 0.717) is 25.0 Å². The van der Waals surface area contributed by atoms with Gasteiger partial charge in [0.25, 0.3) is 5.91 Å². The molecule has 13 heteroatoms. The Balaban J connectivity index is 1.61. The summed E-state index contributed by atoms with van der Waals surface area (Å²) in [5, 5.41) is 2.50. The summed E-state index contributed by atoms with van der Waals surface area (Å²) in [7, 11) is 0. The summed E-state index contributed by atoms with van der Waals surface area (Å²) >= 11 is 0. The zero-order chi connectivity index (χ0) is 28.0. The number of nitrogens with one attached hydrogen (secondary N) is 1. The minimum atomic E-state index is -5.13. The van der Waals surface area contributed by atoms with Crippen molar-refractivity contribution in [2.45, 2.75) is 43.7 Å². The number of carbonyl (C=O) groups is 2. The van der Waals surface area contributed by atoms with Gasteiger partial charge in [-0.2, -0.15) is 26.3 Å². The van der Waals surface area contributed by atoms with Crippen LogP contribution in [0.25, 0.3) is 0 Å². The maximum atomic E-state index is 14.7. The molecule has 0 unspecified atom stereocenters. The van der Waals surface area contributed by atoms with Crippen LogP contribution in [0.2, 0.25) is 0 Å². The normalized spacial score (nSPS) is 20.7. The number of halogens is 8. The molecule has 2 aliphatic rings. The van der Waals surface area contributed by atoms with E-state index in [-0.39, 0.29) is 19.0 Å². The van der Waals surface area contributed by atoms with Crippen molar-refractivity contribution in [1.29, 1.82) is 0 Å². The van der Waals surface area contributed by atoms with E-state index in [9.17, 15) is 44.7 Å². The first-order valence-electron chi connectivity index (χ1n) is 11.4. The van der Waals surface area contributed by atoms with Crippen LogP contribution in [0, 0.1) is 35.8 Å². The van der Waals surface area contributed by atoms with Crippen LogP contribution in [0.1, 0.15) is 52.5 Å². The second kappa shape index (κ2) is 9.89. The van der Waals surface area contributed by atoms with E-state index in [1.165, 1.54) is 0 Å².